The topological polar surface area (TPSA) is 59.4 Å². The zero-order valence-electron chi connectivity index (χ0n) is 18.2. The van der Waals surface area contributed by atoms with Crippen molar-refractivity contribution >= 4 is 16.7 Å². The van der Waals surface area contributed by atoms with Crippen molar-refractivity contribution in [2.24, 2.45) is 0 Å². The minimum Gasteiger partial charge on any atom is -0.512 e. The van der Waals surface area contributed by atoms with Crippen molar-refractivity contribution in [3.63, 3.8) is 0 Å². The number of ketones is 1. The number of carbonyl (C=O) groups is 1. The van der Waals surface area contributed by atoms with Crippen LogP contribution in [0, 0.1) is 18.2 Å². The number of pyridine rings is 1. The van der Waals surface area contributed by atoms with Crippen LogP contribution in [0.25, 0.3) is 33.3 Å². The number of carbonyl (C=O) groups excluding carboxylic acids is 1. The third-order valence-electron chi connectivity index (χ3n) is 4.66. The van der Waals surface area contributed by atoms with Crippen LogP contribution in [0.4, 0.5) is 0 Å². The summed E-state index contributed by atoms with van der Waals surface area (Å²) >= 11 is 0. The molecule has 1 N–H and O–H groups in total. The number of aliphatic hydroxyl groups excluding tert-OH is 1. The number of para-hydroxylation sites is 1. The van der Waals surface area contributed by atoms with Gasteiger partial charge in [-0.25, -0.2) is 29.3 Å². The first-order valence-electron chi connectivity index (χ1n) is 9.86. The largest absolute Gasteiger partial charge is 0.512 e. The SMILES string of the molecule is CC(=O)/C=C(/C)O.[Ir].[Y].[c-]1ccccc1-c1[c-]c2c([c-]c1)-c1nc3ccccc3cc1OC2. The molecule has 0 saturated carbocycles. The molecule has 1 aliphatic rings. The van der Waals surface area contributed by atoms with Gasteiger partial charge in [-0.15, -0.1) is 6.07 Å². The van der Waals surface area contributed by atoms with Crippen LogP contribution >= 0.6 is 0 Å². The maximum atomic E-state index is 10.0. The van der Waals surface area contributed by atoms with Crippen LogP contribution in [0.2, 0.25) is 0 Å². The van der Waals surface area contributed by atoms with Crippen molar-refractivity contribution in [1.29, 1.82) is 0 Å². The molecule has 6 heteroatoms. The molecule has 5 rings (SSSR count). The normalized spacial score (nSPS) is 11.4. The molecule has 2 radical (unpaired) electrons. The first-order chi connectivity index (χ1) is 15.0. The summed E-state index contributed by atoms with van der Waals surface area (Å²) in [4.78, 5) is 14.8. The molecule has 33 heavy (non-hydrogen) atoms. The van der Waals surface area contributed by atoms with Crippen LogP contribution in [-0.4, -0.2) is 15.9 Å². The molecule has 0 bridgehead atoms. The Labute approximate surface area is 232 Å². The van der Waals surface area contributed by atoms with Gasteiger partial charge in [-0.2, -0.15) is 35.4 Å². The van der Waals surface area contributed by atoms with Crippen LogP contribution in [0.1, 0.15) is 19.4 Å². The third-order valence-corrected chi connectivity index (χ3v) is 4.66. The molecule has 1 aromatic heterocycles. The molecule has 0 spiro atoms. The molecule has 4 nitrogen and oxygen atoms in total. The maximum absolute atomic E-state index is 10.0. The monoisotopic (exact) mass is 688 g/mol. The average molecular weight is 688 g/mol. The number of hydrogen-bond acceptors (Lipinski definition) is 4. The van der Waals surface area contributed by atoms with E-state index in [0.29, 0.717) is 6.61 Å². The van der Waals surface area contributed by atoms with Gasteiger partial charge in [-0.05, 0) is 31.7 Å². The van der Waals surface area contributed by atoms with Gasteiger partial charge in [0.15, 0.2) is 5.78 Å². The van der Waals surface area contributed by atoms with Gasteiger partial charge in [0.2, 0.25) is 0 Å². The van der Waals surface area contributed by atoms with E-state index in [-0.39, 0.29) is 64.4 Å². The van der Waals surface area contributed by atoms with E-state index in [2.05, 4.69) is 18.2 Å². The molecule has 0 saturated heterocycles. The number of allylic oxidation sites excluding steroid dienone is 2. The Morgan fingerprint density at radius 3 is 2.52 bits per heavy atom. The zero-order valence-corrected chi connectivity index (χ0v) is 23.4. The van der Waals surface area contributed by atoms with Gasteiger partial charge in [0.05, 0.1) is 23.6 Å². The van der Waals surface area contributed by atoms with Crippen molar-refractivity contribution in [3.8, 4) is 28.1 Å². The van der Waals surface area contributed by atoms with Crippen LogP contribution < -0.4 is 4.74 Å². The van der Waals surface area contributed by atoms with Gasteiger partial charge in [-0.3, -0.25) is 4.79 Å². The number of rotatable bonds is 2. The molecular weight excluding hydrogens is 667 g/mol. The number of aliphatic hydroxyl groups is 1. The summed E-state index contributed by atoms with van der Waals surface area (Å²) in [5.74, 6) is 0.748. The Balaban J connectivity index is 0.000000379. The minimum atomic E-state index is -0.125. The summed E-state index contributed by atoms with van der Waals surface area (Å²) in [6, 6.07) is 30.0. The second-order valence-corrected chi connectivity index (χ2v) is 7.17. The second kappa shape index (κ2) is 12.3. The van der Waals surface area contributed by atoms with E-state index in [1.807, 2.05) is 60.7 Å². The van der Waals surface area contributed by atoms with Gasteiger partial charge in [0.25, 0.3) is 0 Å². The van der Waals surface area contributed by atoms with Crippen molar-refractivity contribution in [1.82, 2.24) is 4.98 Å². The predicted molar refractivity (Wildman–Crippen MR) is 121 cm³/mol. The predicted octanol–water partition coefficient (Wildman–Crippen LogP) is 5.89. The second-order valence-electron chi connectivity index (χ2n) is 7.17. The van der Waals surface area contributed by atoms with Crippen molar-refractivity contribution in [2.45, 2.75) is 20.5 Å². The van der Waals surface area contributed by atoms with E-state index in [0.717, 1.165) is 44.6 Å². The summed E-state index contributed by atoms with van der Waals surface area (Å²) in [7, 11) is 0. The molecule has 4 aromatic rings. The summed E-state index contributed by atoms with van der Waals surface area (Å²) < 4.78 is 5.92. The molecule has 0 fully saturated rings. The Bertz CT molecular complexity index is 1290. The van der Waals surface area contributed by atoms with E-state index in [9.17, 15) is 4.79 Å². The zero-order chi connectivity index (χ0) is 21.8. The van der Waals surface area contributed by atoms with E-state index in [1.54, 1.807) is 0 Å². The number of fused-ring (bicyclic) bond motifs is 4. The Morgan fingerprint density at radius 1 is 1.09 bits per heavy atom. The summed E-state index contributed by atoms with van der Waals surface area (Å²) in [6.07, 6.45) is 1.17. The van der Waals surface area contributed by atoms with Gasteiger partial charge in [-0.1, -0.05) is 18.2 Å². The van der Waals surface area contributed by atoms with Crippen molar-refractivity contribution < 1.29 is 67.5 Å². The van der Waals surface area contributed by atoms with E-state index < -0.39 is 0 Å². The van der Waals surface area contributed by atoms with Crippen molar-refractivity contribution in [2.75, 3.05) is 0 Å². The molecule has 1 aliphatic heterocycles. The molecular formula is C27H20IrNO3Y-3. The average Bonchev–Trinajstić information content (AvgIpc) is 2.77. The molecule has 0 unspecified atom stereocenters. The van der Waals surface area contributed by atoms with Crippen LogP contribution in [0.15, 0.2) is 72.5 Å². The number of ether oxygens (including phenoxy) is 1. The van der Waals surface area contributed by atoms with Crippen LogP contribution in [0.3, 0.4) is 0 Å². The fourth-order valence-corrected chi connectivity index (χ4v) is 3.35. The quantitative estimate of drug-likeness (QED) is 0.162. The van der Waals surface area contributed by atoms with E-state index >= 15 is 0 Å². The van der Waals surface area contributed by atoms with Gasteiger partial charge >= 0.3 is 0 Å². The first-order valence-corrected chi connectivity index (χ1v) is 9.86. The van der Waals surface area contributed by atoms with E-state index in [4.69, 9.17) is 14.8 Å². The number of benzene rings is 3. The molecule has 0 aliphatic carbocycles. The minimum absolute atomic E-state index is 0. The number of nitrogens with zero attached hydrogens (tertiary/aromatic N) is 1. The standard InChI is InChI=1S/C22H12NO.C5H8O2.Ir.Y/c1-2-6-15(7-3-1)16-10-11-19-18(12-16)14-24-21-13-17-8-4-5-9-20(17)23-22(19)21;1-4(6)3-5(2)7;;/h1-6,8-10,13H,14H2;3,6H,1-2H3;;/q-3;;;/b;4-3-;;. The number of hydrogen-bond donors (Lipinski definition) is 1. The van der Waals surface area contributed by atoms with Crippen LogP contribution in [0.5, 0.6) is 5.75 Å². The van der Waals surface area contributed by atoms with Crippen LogP contribution in [-0.2, 0) is 64.2 Å². The fraction of sp³-hybridized carbons (Fsp3) is 0.111. The number of aromatic nitrogens is 1. The van der Waals surface area contributed by atoms with Gasteiger partial charge in [0, 0.05) is 64.3 Å². The van der Waals surface area contributed by atoms with Crippen molar-refractivity contribution in [3.05, 3.63) is 96.3 Å². The summed E-state index contributed by atoms with van der Waals surface area (Å²) in [5.41, 5.74) is 5.74. The third kappa shape index (κ3) is 6.68. The smallest absolute Gasteiger partial charge is 0.155 e. The molecule has 3 aromatic carbocycles. The Kier molecular flexibility index (Phi) is 10.1. The molecule has 0 amide bonds. The summed E-state index contributed by atoms with van der Waals surface area (Å²) in [6.45, 7) is 3.33. The Morgan fingerprint density at radius 2 is 1.85 bits per heavy atom. The van der Waals surface area contributed by atoms with Gasteiger partial charge in [0.1, 0.15) is 0 Å². The van der Waals surface area contributed by atoms with Gasteiger partial charge < -0.3 is 14.8 Å². The molecule has 0 atom stereocenters. The van der Waals surface area contributed by atoms with E-state index in [1.165, 1.54) is 19.9 Å². The summed E-state index contributed by atoms with van der Waals surface area (Å²) in [5, 5.41) is 9.45. The molecule has 166 valence electrons. The Hall–Kier alpha value is -2.17. The first kappa shape index (κ1) is 27.1. The fourth-order valence-electron chi connectivity index (χ4n) is 3.35. The maximum Gasteiger partial charge on any atom is 0.155 e. The molecule has 2 heterocycles.